The number of rotatable bonds is 4. The molecule has 1 aliphatic rings. The number of halogens is 1. The van der Waals surface area contributed by atoms with E-state index in [1.165, 1.54) is 11.3 Å². The highest BCUT2D eigenvalue weighted by molar-refractivity contribution is 7.20. The first-order valence-corrected chi connectivity index (χ1v) is 10.4. The first-order valence-electron chi connectivity index (χ1n) is 9.16. The predicted octanol–water partition coefficient (Wildman–Crippen LogP) is 3.73. The summed E-state index contributed by atoms with van der Waals surface area (Å²) >= 11 is 7.60. The Morgan fingerprint density at radius 3 is 2.75 bits per heavy atom. The molecule has 1 saturated heterocycles. The summed E-state index contributed by atoms with van der Waals surface area (Å²) in [5.41, 5.74) is 1.80. The van der Waals surface area contributed by atoms with Crippen LogP contribution in [0.25, 0.3) is 10.2 Å². The predicted molar refractivity (Wildman–Crippen MR) is 113 cm³/mol. The van der Waals surface area contributed by atoms with Gasteiger partial charge >= 0.3 is 0 Å². The smallest absolute Gasteiger partial charge is 0.261 e. The van der Waals surface area contributed by atoms with E-state index in [0.717, 1.165) is 40.3 Å². The van der Waals surface area contributed by atoms with Crippen LogP contribution in [0, 0.1) is 13.8 Å². The lowest BCUT2D eigenvalue weighted by atomic mass is 10.1. The number of carbonyl (C=O) groups excluding carboxylic acids is 1. The maximum Gasteiger partial charge on any atom is 0.261 e. The van der Waals surface area contributed by atoms with Crippen molar-refractivity contribution in [1.82, 2.24) is 15.3 Å². The number of nitrogens with one attached hydrogen (secondary N) is 1. The number of carbonyl (C=O) groups is 1. The third-order valence-electron chi connectivity index (χ3n) is 4.80. The van der Waals surface area contributed by atoms with Gasteiger partial charge in [-0.1, -0.05) is 29.8 Å². The molecule has 1 fully saturated rings. The Kier molecular flexibility index (Phi) is 5.48. The van der Waals surface area contributed by atoms with Crippen LogP contribution in [-0.4, -0.2) is 42.2 Å². The summed E-state index contributed by atoms with van der Waals surface area (Å²) in [6.45, 7) is 7.16. The Hall–Kier alpha value is -2.22. The fourth-order valence-corrected chi connectivity index (χ4v) is 4.68. The first kappa shape index (κ1) is 19.1. The zero-order chi connectivity index (χ0) is 19.7. The highest BCUT2D eigenvalue weighted by atomic mass is 35.5. The van der Waals surface area contributed by atoms with Crippen molar-refractivity contribution >= 4 is 44.9 Å². The molecule has 1 amide bonds. The van der Waals surface area contributed by atoms with E-state index in [0.29, 0.717) is 35.5 Å². The number of aromatic nitrogens is 2. The minimum absolute atomic E-state index is 0.119. The van der Waals surface area contributed by atoms with Crippen molar-refractivity contribution in [2.24, 2.45) is 0 Å². The van der Waals surface area contributed by atoms with E-state index in [2.05, 4.69) is 20.2 Å². The van der Waals surface area contributed by atoms with Gasteiger partial charge < -0.3 is 15.0 Å². The maximum absolute atomic E-state index is 12.9. The Morgan fingerprint density at radius 1 is 1.25 bits per heavy atom. The summed E-state index contributed by atoms with van der Waals surface area (Å²) in [5.74, 6) is 1.48. The molecule has 8 heteroatoms. The number of benzene rings is 1. The lowest BCUT2D eigenvalue weighted by Crippen LogP contribution is -2.37. The van der Waals surface area contributed by atoms with Crippen LogP contribution in [0.2, 0.25) is 5.02 Å². The summed E-state index contributed by atoms with van der Waals surface area (Å²) in [7, 11) is 0. The molecule has 4 rings (SSSR count). The van der Waals surface area contributed by atoms with Gasteiger partial charge in [-0.25, -0.2) is 9.97 Å². The molecule has 3 aromatic rings. The summed E-state index contributed by atoms with van der Waals surface area (Å²) in [6, 6.07) is 7.51. The molecule has 0 aliphatic carbocycles. The van der Waals surface area contributed by atoms with Crippen LogP contribution in [0.1, 0.15) is 26.6 Å². The molecule has 0 atom stereocenters. The largest absolute Gasteiger partial charge is 0.378 e. The topological polar surface area (TPSA) is 67.4 Å². The molecule has 6 nitrogen and oxygen atoms in total. The second kappa shape index (κ2) is 8.03. The number of fused-ring (bicyclic) bond motifs is 1. The zero-order valence-electron chi connectivity index (χ0n) is 15.8. The number of thiophene rings is 1. The van der Waals surface area contributed by atoms with Gasteiger partial charge in [-0.3, -0.25) is 4.79 Å². The van der Waals surface area contributed by atoms with Crippen molar-refractivity contribution < 1.29 is 9.53 Å². The van der Waals surface area contributed by atoms with Crippen molar-refractivity contribution in [3.8, 4) is 0 Å². The number of amides is 1. The number of anilines is 1. The third-order valence-corrected chi connectivity index (χ3v) is 6.35. The van der Waals surface area contributed by atoms with Gasteiger partial charge in [0.1, 0.15) is 16.5 Å². The molecule has 0 radical (unpaired) electrons. The fraction of sp³-hybridized carbons (Fsp3) is 0.350. The van der Waals surface area contributed by atoms with Crippen LogP contribution < -0.4 is 10.2 Å². The lowest BCUT2D eigenvalue weighted by molar-refractivity contribution is 0.0954. The third kappa shape index (κ3) is 3.70. The molecule has 0 spiro atoms. The van der Waals surface area contributed by atoms with E-state index in [9.17, 15) is 4.79 Å². The van der Waals surface area contributed by atoms with Crippen molar-refractivity contribution in [1.29, 1.82) is 0 Å². The van der Waals surface area contributed by atoms with Crippen LogP contribution in [0.3, 0.4) is 0 Å². The van der Waals surface area contributed by atoms with Crippen LogP contribution >= 0.6 is 22.9 Å². The average Bonchev–Trinajstić information content (AvgIpc) is 3.03. The van der Waals surface area contributed by atoms with Gasteiger partial charge in [0.2, 0.25) is 0 Å². The first-order chi connectivity index (χ1) is 13.5. The van der Waals surface area contributed by atoms with E-state index in [1.807, 2.05) is 38.1 Å². The molecule has 1 aliphatic heterocycles. The molecule has 0 unspecified atom stereocenters. The van der Waals surface area contributed by atoms with E-state index >= 15 is 0 Å². The maximum atomic E-state index is 12.9. The minimum Gasteiger partial charge on any atom is -0.378 e. The molecular formula is C20H21ClN4O2S. The standard InChI is InChI=1S/C20H21ClN4O2S/c1-12-16-18(25-7-9-27-10-8-25)23-13(2)24-20(16)28-17(12)19(26)22-11-14-5-3-4-6-15(14)21/h3-6H,7-11H2,1-2H3,(H,22,26). The summed E-state index contributed by atoms with van der Waals surface area (Å²) in [5, 5.41) is 4.58. The van der Waals surface area contributed by atoms with E-state index < -0.39 is 0 Å². The van der Waals surface area contributed by atoms with Crippen LogP contribution in [0.4, 0.5) is 5.82 Å². The Labute approximate surface area is 172 Å². The molecule has 0 bridgehead atoms. The minimum atomic E-state index is -0.119. The van der Waals surface area contributed by atoms with E-state index in [-0.39, 0.29) is 5.91 Å². The van der Waals surface area contributed by atoms with Gasteiger partial charge in [0.15, 0.2) is 0 Å². The summed E-state index contributed by atoms with van der Waals surface area (Å²) < 4.78 is 5.46. The number of nitrogens with zero attached hydrogens (tertiary/aromatic N) is 3. The average molecular weight is 417 g/mol. The molecule has 1 aromatic carbocycles. The zero-order valence-corrected chi connectivity index (χ0v) is 17.4. The van der Waals surface area contributed by atoms with Crippen molar-refractivity contribution in [3.63, 3.8) is 0 Å². The van der Waals surface area contributed by atoms with Gasteiger partial charge in [0.05, 0.1) is 23.5 Å². The quantitative estimate of drug-likeness (QED) is 0.701. The second-order valence-electron chi connectivity index (χ2n) is 6.70. The van der Waals surface area contributed by atoms with Crippen LogP contribution in [-0.2, 0) is 11.3 Å². The SMILES string of the molecule is Cc1nc(N2CCOCC2)c2c(C)c(C(=O)NCc3ccccc3Cl)sc2n1. The van der Waals surface area contributed by atoms with Gasteiger partial charge in [0.25, 0.3) is 5.91 Å². The molecular weight excluding hydrogens is 396 g/mol. The van der Waals surface area contributed by atoms with Gasteiger partial charge in [-0.2, -0.15) is 0 Å². The molecule has 1 N–H and O–H groups in total. The monoisotopic (exact) mass is 416 g/mol. The van der Waals surface area contributed by atoms with Gasteiger partial charge in [-0.15, -0.1) is 11.3 Å². The number of aryl methyl sites for hydroxylation is 2. The van der Waals surface area contributed by atoms with Crippen LogP contribution in [0.5, 0.6) is 0 Å². The molecule has 0 saturated carbocycles. The number of hydrogen-bond acceptors (Lipinski definition) is 6. The van der Waals surface area contributed by atoms with Crippen molar-refractivity contribution in [2.45, 2.75) is 20.4 Å². The van der Waals surface area contributed by atoms with Crippen LogP contribution in [0.15, 0.2) is 24.3 Å². The molecule has 28 heavy (non-hydrogen) atoms. The Bertz CT molecular complexity index is 1030. The lowest BCUT2D eigenvalue weighted by Gasteiger charge is -2.28. The van der Waals surface area contributed by atoms with E-state index in [4.69, 9.17) is 16.3 Å². The van der Waals surface area contributed by atoms with Crippen molar-refractivity contribution in [3.05, 3.63) is 51.1 Å². The fourth-order valence-electron chi connectivity index (χ4n) is 3.34. The number of morpholine rings is 1. The normalized spacial score (nSPS) is 14.5. The summed E-state index contributed by atoms with van der Waals surface area (Å²) in [6.07, 6.45) is 0. The second-order valence-corrected chi connectivity index (χ2v) is 8.11. The highest BCUT2D eigenvalue weighted by Crippen LogP contribution is 2.35. The number of hydrogen-bond donors (Lipinski definition) is 1. The summed E-state index contributed by atoms with van der Waals surface area (Å²) in [4.78, 5) is 25.8. The van der Waals surface area contributed by atoms with Gasteiger partial charge in [-0.05, 0) is 31.0 Å². The Morgan fingerprint density at radius 2 is 2.00 bits per heavy atom. The molecule has 3 heterocycles. The number of ether oxygens (including phenoxy) is 1. The van der Waals surface area contributed by atoms with Gasteiger partial charge in [0, 0.05) is 24.7 Å². The Balaban J connectivity index is 1.65. The van der Waals surface area contributed by atoms with E-state index in [1.54, 1.807) is 0 Å². The highest BCUT2D eigenvalue weighted by Gasteiger charge is 2.23. The molecule has 146 valence electrons. The van der Waals surface area contributed by atoms with Crippen molar-refractivity contribution in [2.75, 3.05) is 31.2 Å². The molecule has 2 aromatic heterocycles.